The first-order valence-corrected chi connectivity index (χ1v) is 9.02. The van der Waals surface area contributed by atoms with Crippen molar-refractivity contribution in [3.63, 3.8) is 0 Å². The van der Waals surface area contributed by atoms with Gasteiger partial charge in [0.2, 0.25) is 5.91 Å². The largest absolute Gasteiger partial charge is 0.355 e. The summed E-state index contributed by atoms with van der Waals surface area (Å²) in [4.78, 5) is 14.4. The molecule has 5 nitrogen and oxygen atoms in total. The molecule has 1 saturated heterocycles. The molecule has 1 amide bonds. The Morgan fingerprint density at radius 1 is 1.25 bits per heavy atom. The molecule has 1 fully saturated rings. The van der Waals surface area contributed by atoms with Gasteiger partial charge in [0.05, 0.1) is 6.42 Å². The number of nitrogens with zero attached hydrogens (tertiary/aromatic N) is 3. The monoisotopic (exact) mass is 388 g/mol. The smallest absolute Gasteiger partial charge is 0.229 e. The van der Waals surface area contributed by atoms with Gasteiger partial charge in [-0.05, 0) is 48.6 Å². The standard InChI is InChI=1S/C18H21BrN4O/c1-13-7-9-23(10-8-13)17-6-5-16(21-22-17)20-18(24)12-14-3-2-4-15(19)11-14/h2-6,11,13H,7-10,12H2,1H3,(H,20,21,24). The molecular weight excluding hydrogens is 368 g/mol. The molecule has 0 saturated carbocycles. The van der Waals surface area contributed by atoms with Crippen molar-refractivity contribution >= 4 is 33.5 Å². The summed E-state index contributed by atoms with van der Waals surface area (Å²) in [5.41, 5.74) is 0.953. The van der Waals surface area contributed by atoms with Crippen molar-refractivity contribution in [1.82, 2.24) is 10.2 Å². The number of benzene rings is 1. The summed E-state index contributed by atoms with van der Waals surface area (Å²) in [6.07, 6.45) is 2.69. The number of carbonyl (C=O) groups is 1. The van der Waals surface area contributed by atoms with Crippen LogP contribution < -0.4 is 10.2 Å². The van der Waals surface area contributed by atoms with E-state index in [0.717, 1.165) is 34.9 Å². The van der Waals surface area contributed by atoms with Crippen LogP contribution in [0.25, 0.3) is 0 Å². The van der Waals surface area contributed by atoms with Crippen molar-refractivity contribution in [1.29, 1.82) is 0 Å². The summed E-state index contributed by atoms with van der Waals surface area (Å²) >= 11 is 3.41. The van der Waals surface area contributed by atoms with E-state index < -0.39 is 0 Å². The molecule has 0 unspecified atom stereocenters. The molecule has 3 rings (SSSR count). The summed E-state index contributed by atoms with van der Waals surface area (Å²) in [7, 11) is 0. The van der Waals surface area contributed by atoms with Crippen molar-refractivity contribution in [2.45, 2.75) is 26.2 Å². The zero-order chi connectivity index (χ0) is 16.9. The number of amides is 1. The summed E-state index contributed by atoms with van der Waals surface area (Å²) in [6, 6.07) is 11.5. The molecule has 2 heterocycles. The van der Waals surface area contributed by atoms with Crippen LogP contribution in [0.15, 0.2) is 40.9 Å². The number of rotatable bonds is 4. The quantitative estimate of drug-likeness (QED) is 0.867. The van der Waals surface area contributed by atoms with Gasteiger partial charge in [-0.1, -0.05) is 35.0 Å². The lowest BCUT2D eigenvalue weighted by atomic mass is 9.99. The van der Waals surface area contributed by atoms with Crippen LogP contribution in [0.2, 0.25) is 0 Å². The molecule has 126 valence electrons. The Labute approximate surface area is 150 Å². The second-order valence-electron chi connectivity index (χ2n) is 6.30. The molecule has 6 heteroatoms. The number of nitrogens with one attached hydrogen (secondary N) is 1. The second-order valence-corrected chi connectivity index (χ2v) is 7.22. The van der Waals surface area contributed by atoms with Crippen molar-refractivity contribution in [3.05, 3.63) is 46.4 Å². The van der Waals surface area contributed by atoms with Gasteiger partial charge in [-0.15, -0.1) is 10.2 Å². The average Bonchev–Trinajstić information content (AvgIpc) is 2.56. The highest BCUT2D eigenvalue weighted by Gasteiger charge is 2.17. The van der Waals surface area contributed by atoms with E-state index in [1.807, 2.05) is 36.4 Å². The van der Waals surface area contributed by atoms with Gasteiger partial charge in [-0.25, -0.2) is 0 Å². The Kier molecular flexibility index (Phi) is 5.45. The van der Waals surface area contributed by atoms with Crippen molar-refractivity contribution in [3.8, 4) is 0 Å². The first kappa shape index (κ1) is 16.9. The fourth-order valence-corrected chi connectivity index (χ4v) is 3.26. The Hall–Kier alpha value is -1.95. The summed E-state index contributed by atoms with van der Waals surface area (Å²) < 4.78 is 0.966. The average molecular weight is 389 g/mol. The van der Waals surface area contributed by atoms with Gasteiger partial charge >= 0.3 is 0 Å². The number of halogens is 1. The van der Waals surface area contributed by atoms with Crippen molar-refractivity contribution in [2.75, 3.05) is 23.3 Å². The zero-order valence-corrected chi connectivity index (χ0v) is 15.3. The molecule has 0 aliphatic carbocycles. The molecule has 1 aliphatic heterocycles. The van der Waals surface area contributed by atoms with Crippen LogP contribution in [0.1, 0.15) is 25.3 Å². The molecule has 1 aromatic carbocycles. The third kappa shape index (κ3) is 4.54. The highest BCUT2D eigenvalue weighted by atomic mass is 79.9. The lowest BCUT2D eigenvalue weighted by Crippen LogP contribution is -2.33. The fraction of sp³-hybridized carbons (Fsp3) is 0.389. The second kappa shape index (κ2) is 7.75. The van der Waals surface area contributed by atoms with Gasteiger partial charge in [0, 0.05) is 17.6 Å². The van der Waals surface area contributed by atoms with Crippen molar-refractivity contribution < 1.29 is 4.79 Å². The number of hydrogen-bond acceptors (Lipinski definition) is 4. The Morgan fingerprint density at radius 2 is 2.04 bits per heavy atom. The van der Waals surface area contributed by atoms with Gasteiger partial charge in [0.15, 0.2) is 11.6 Å². The normalized spacial score (nSPS) is 15.3. The Morgan fingerprint density at radius 3 is 2.71 bits per heavy atom. The molecule has 2 aromatic rings. The van der Waals surface area contributed by atoms with Gasteiger partial charge in [-0.2, -0.15) is 0 Å². The summed E-state index contributed by atoms with van der Waals surface area (Å²) in [5.74, 6) is 2.06. The van der Waals surface area contributed by atoms with Gasteiger partial charge < -0.3 is 10.2 Å². The molecule has 0 spiro atoms. The zero-order valence-electron chi connectivity index (χ0n) is 13.7. The van der Waals surface area contributed by atoms with Crippen LogP contribution in [0.3, 0.4) is 0 Å². The number of aromatic nitrogens is 2. The maximum atomic E-state index is 12.1. The molecule has 1 aromatic heterocycles. The number of carbonyl (C=O) groups excluding carboxylic acids is 1. The molecule has 1 N–H and O–H groups in total. The van der Waals surface area contributed by atoms with Crippen LogP contribution in [-0.4, -0.2) is 29.2 Å². The third-order valence-electron chi connectivity index (χ3n) is 4.28. The predicted octanol–water partition coefficient (Wildman–Crippen LogP) is 3.66. The highest BCUT2D eigenvalue weighted by molar-refractivity contribution is 9.10. The molecule has 1 aliphatic rings. The number of piperidine rings is 1. The topological polar surface area (TPSA) is 58.1 Å². The van der Waals surface area contributed by atoms with Crippen LogP contribution in [0.4, 0.5) is 11.6 Å². The van der Waals surface area contributed by atoms with Crippen LogP contribution in [0, 0.1) is 5.92 Å². The molecule has 0 radical (unpaired) electrons. The summed E-state index contributed by atoms with van der Waals surface area (Å²) in [5, 5.41) is 11.2. The highest BCUT2D eigenvalue weighted by Crippen LogP contribution is 2.21. The molecule has 0 bridgehead atoms. The van der Waals surface area contributed by atoms with E-state index in [4.69, 9.17) is 0 Å². The maximum absolute atomic E-state index is 12.1. The van der Waals surface area contributed by atoms with E-state index in [9.17, 15) is 4.79 Å². The fourth-order valence-electron chi connectivity index (χ4n) is 2.82. The Bertz CT molecular complexity index is 696. The lowest BCUT2D eigenvalue weighted by Gasteiger charge is -2.30. The first-order chi connectivity index (χ1) is 11.6. The minimum atomic E-state index is -0.0954. The van der Waals surface area contributed by atoms with Crippen LogP contribution in [0.5, 0.6) is 0 Å². The maximum Gasteiger partial charge on any atom is 0.229 e. The van der Waals surface area contributed by atoms with E-state index in [1.54, 1.807) is 0 Å². The minimum Gasteiger partial charge on any atom is -0.355 e. The third-order valence-corrected chi connectivity index (χ3v) is 4.77. The van der Waals surface area contributed by atoms with E-state index in [-0.39, 0.29) is 5.91 Å². The van der Waals surface area contributed by atoms with Crippen LogP contribution in [-0.2, 0) is 11.2 Å². The van der Waals surface area contributed by atoms with Crippen molar-refractivity contribution in [2.24, 2.45) is 5.92 Å². The van der Waals surface area contributed by atoms with Gasteiger partial charge in [0.25, 0.3) is 0 Å². The van der Waals surface area contributed by atoms with E-state index in [0.29, 0.717) is 12.2 Å². The first-order valence-electron chi connectivity index (χ1n) is 8.23. The minimum absolute atomic E-state index is 0.0954. The lowest BCUT2D eigenvalue weighted by molar-refractivity contribution is -0.115. The molecule has 0 atom stereocenters. The molecule has 24 heavy (non-hydrogen) atoms. The van der Waals surface area contributed by atoms with Gasteiger partial charge in [0.1, 0.15) is 0 Å². The Balaban J connectivity index is 1.56. The van der Waals surface area contributed by atoms with E-state index in [1.165, 1.54) is 12.8 Å². The number of hydrogen-bond donors (Lipinski definition) is 1. The number of anilines is 2. The molecular formula is C18H21BrN4O. The predicted molar refractivity (Wildman–Crippen MR) is 99.1 cm³/mol. The summed E-state index contributed by atoms with van der Waals surface area (Å²) in [6.45, 7) is 4.32. The van der Waals surface area contributed by atoms with Gasteiger partial charge in [-0.3, -0.25) is 4.79 Å². The SMILES string of the molecule is CC1CCN(c2ccc(NC(=O)Cc3cccc(Br)c3)nn2)CC1. The van der Waals surface area contributed by atoms with E-state index >= 15 is 0 Å². The van der Waals surface area contributed by atoms with E-state index in [2.05, 4.69) is 43.3 Å². The van der Waals surface area contributed by atoms with Crippen LogP contribution >= 0.6 is 15.9 Å².